The molecule has 3 rings (SSSR count). The van der Waals surface area contributed by atoms with E-state index in [-0.39, 0.29) is 19.0 Å². The number of aliphatic hydroxyl groups is 1. The van der Waals surface area contributed by atoms with Crippen molar-refractivity contribution in [2.24, 2.45) is 0 Å². The van der Waals surface area contributed by atoms with Gasteiger partial charge in [0, 0.05) is 38.2 Å². The summed E-state index contributed by atoms with van der Waals surface area (Å²) < 4.78 is 24.8. The van der Waals surface area contributed by atoms with E-state index < -0.39 is 11.4 Å². The number of nitrogens with zero attached hydrogens (tertiary/aromatic N) is 1. The quantitative estimate of drug-likeness (QED) is 0.677. The van der Waals surface area contributed by atoms with E-state index in [4.69, 9.17) is 9.15 Å². The van der Waals surface area contributed by atoms with Crippen LogP contribution in [0.1, 0.15) is 29.9 Å². The van der Waals surface area contributed by atoms with Gasteiger partial charge in [-0.05, 0) is 50.1 Å². The lowest BCUT2D eigenvalue weighted by Gasteiger charge is -2.38. The van der Waals surface area contributed by atoms with Gasteiger partial charge in [-0.25, -0.2) is 4.39 Å². The molecule has 0 bridgehead atoms. The van der Waals surface area contributed by atoms with Crippen LogP contribution >= 0.6 is 0 Å². The van der Waals surface area contributed by atoms with Crippen LogP contribution < -0.4 is 10.1 Å². The van der Waals surface area contributed by atoms with E-state index in [0.29, 0.717) is 43.7 Å². The normalized spacial score (nSPS) is 19.9. The Morgan fingerprint density at radius 1 is 1.36 bits per heavy atom. The number of hydrogen-bond acceptors (Lipinski definition) is 5. The Morgan fingerprint density at radius 3 is 2.89 bits per heavy atom. The molecule has 1 aliphatic rings. The molecule has 0 spiro atoms. The summed E-state index contributed by atoms with van der Waals surface area (Å²) in [5.41, 5.74) is -1.11. The van der Waals surface area contributed by atoms with E-state index in [1.807, 2.05) is 19.1 Å². The summed E-state index contributed by atoms with van der Waals surface area (Å²) in [5, 5.41) is 14.0. The average molecular weight is 390 g/mol. The van der Waals surface area contributed by atoms with Crippen molar-refractivity contribution in [1.82, 2.24) is 10.2 Å². The molecule has 1 atom stereocenters. The number of benzene rings is 1. The van der Waals surface area contributed by atoms with Crippen LogP contribution in [0.3, 0.4) is 0 Å². The molecule has 0 aliphatic carbocycles. The Balaban J connectivity index is 1.57. The van der Waals surface area contributed by atoms with Gasteiger partial charge >= 0.3 is 0 Å². The number of ether oxygens (including phenoxy) is 1. The Bertz CT molecular complexity index is 822. The number of methoxy groups -OCH3 is 1. The molecule has 1 amide bonds. The summed E-state index contributed by atoms with van der Waals surface area (Å²) in [4.78, 5) is 14.4. The zero-order chi connectivity index (χ0) is 20.1. The van der Waals surface area contributed by atoms with Crippen molar-refractivity contribution in [3.8, 4) is 5.75 Å². The maximum Gasteiger partial charge on any atom is 0.256 e. The van der Waals surface area contributed by atoms with E-state index in [1.165, 1.54) is 24.1 Å². The van der Waals surface area contributed by atoms with Crippen LogP contribution in [0, 0.1) is 12.7 Å². The average Bonchev–Trinajstić information content (AvgIpc) is 3.10. The second kappa shape index (κ2) is 8.75. The molecule has 28 heavy (non-hydrogen) atoms. The third-order valence-corrected chi connectivity index (χ3v) is 5.08. The molecule has 1 aromatic heterocycles. The van der Waals surface area contributed by atoms with Crippen molar-refractivity contribution in [3.63, 3.8) is 0 Å². The summed E-state index contributed by atoms with van der Waals surface area (Å²) in [5.74, 6) is 1.49. The standard InChI is InChI=1S/C21H27FN2O4/c1-15-4-5-17(28-15)8-10-23-14-21(26)9-3-11-24(20(21)25)13-16-12-18(27-2)6-7-19(16)22/h4-7,12,23,26H,3,8-11,13-14H2,1-2H3. The second-order valence-electron chi connectivity index (χ2n) is 7.26. The van der Waals surface area contributed by atoms with Crippen LogP contribution in [0.5, 0.6) is 5.75 Å². The fraction of sp³-hybridized carbons (Fsp3) is 0.476. The molecule has 6 nitrogen and oxygen atoms in total. The van der Waals surface area contributed by atoms with Gasteiger partial charge in [0.1, 0.15) is 23.1 Å². The molecule has 0 saturated carbocycles. The minimum atomic E-state index is -1.48. The van der Waals surface area contributed by atoms with Gasteiger partial charge in [-0.1, -0.05) is 0 Å². The SMILES string of the molecule is COc1ccc(F)c(CN2CCCC(O)(CNCCc3ccc(C)o3)C2=O)c1. The van der Waals surface area contributed by atoms with Gasteiger partial charge in [-0.2, -0.15) is 0 Å². The smallest absolute Gasteiger partial charge is 0.256 e. The molecule has 1 unspecified atom stereocenters. The number of hydrogen-bond donors (Lipinski definition) is 2. The maximum atomic E-state index is 14.1. The molecule has 7 heteroatoms. The molecule has 1 saturated heterocycles. The van der Waals surface area contributed by atoms with Crippen LogP contribution in [0.2, 0.25) is 0 Å². The van der Waals surface area contributed by atoms with Gasteiger partial charge in [0.2, 0.25) is 0 Å². The molecular formula is C21H27FN2O4. The fourth-order valence-electron chi connectivity index (χ4n) is 3.51. The Morgan fingerprint density at radius 2 is 2.18 bits per heavy atom. The topological polar surface area (TPSA) is 74.9 Å². The highest BCUT2D eigenvalue weighted by atomic mass is 19.1. The van der Waals surface area contributed by atoms with Crippen molar-refractivity contribution in [2.75, 3.05) is 26.7 Å². The zero-order valence-corrected chi connectivity index (χ0v) is 16.3. The van der Waals surface area contributed by atoms with E-state index in [1.54, 1.807) is 6.07 Å². The van der Waals surface area contributed by atoms with Crippen LogP contribution in [-0.2, 0) is 17.8 Å². The summed E-state index contributed by atoms with van der Waals surface area (Å²) in [7, 11) is 1.51. The number of amides is 1. The van der Waals surface area contributed by atoms with Crippen LogP contribution in [0.4, 0.5) is 4.39 Å². The lowest BCUT2D eigenvalue weighted by Crippen LogP contribution is -2.57. The first-order valence-corrected chi connectivity index (χ1v) is 9.51. The van der Waals surface area contributed by atoms with Crippen molar-refractivity contribution < 1.29 is 23.4 Å². The predicted molar refractivity (Wildman–Crippen MR) is 103 cm³/mol. The summed E-state index contributed by atoms with van der Waals surface area (Å²) in [6, 6.07) is 8.27. The second-order valence-corrected chi connectivity index (χ2v) is 7.26. The van der Waals surface area contributed by atoms with E-state index >= 15 is 0 Å². The monoisotopic (exact) mass is 390 g/mol. The van der Waals surface area contributed by atoms with Crippen molar-refractivity contribution >= 4 is 5.91 Å². The zero-order valence-electron chi connectivity index (χ0n) is 16.3. The molecule has 2 aromatic rings. The lowest BCUT2D eigenvalue weighted by atomic mass is 9.91. The molecule has 1 aliphatic heterocycles. The first kappa shape index (κ1) is 20.4. The maximum absolute atomic E-state index is 14.1. The lowest BCUT2D eigenvalue weighted by molar-refractivity contribution is -0.157. The van der Waals surface area contributed by atoms with Gasteiger partial charge in [-0.15, -0.1) is 0 Å². The van der Waals surface area contributed by atoms with Crippen LogP contribution in [0.15, 0.2) is 34.7 Å². The van der Waals surface area contributed by atoms with E-state index in [0.717, 1.165) is 11.5 Å². The highest BCUT2D eigenvalue weighted by Gasteiger charge is 2.41. The molecule has 2 N–H and O–H groups in total. The Kier molecular flexibility index (Phi) is 6.36. The van der Waals surface area contributed by atoms with Gasteiger partial charge in [-0.3, -0.25) is 4.79 Å². The molecule has 2 heterocycles. The number of halogens is 1. The summed E-state index contributed by atoms with van der Waals surface area (Å²) >= 11 is 0. The van der Waals surface area contributed by atoms with Gasteiger partial charge in [0.25, 0.3) is 5.91 Å². The first-order valence-electron chi connectivity index (χ1n) is 9.51. The first-order chi connectivity index (χ1) is 13.4. The molecule has 152 valence electrons. The molecular weight excluding hydrogens is 363 g/mol. The van der Waals surface area contributed by atoms with E-state index in [9.17, 15) is 14.3 Å². The third kappa shape index (κ3) is 4.72. The van der Waals surface area contributed by atoms with Gasteiger partial charge < -0.3 is 24.5 Å². The number of furan rings is 1. The van der Waals surface area contributed by atoms with Crippen molar-refractivity contribution in [1.29, 1.82) is 0 Å². The predicted octanol–water partition coefficient (Wildman–Crippen LogP) is 2.42. The van der Waals surface area contributed by atoms with Crippen molar-refractivity contribution in [2.45, 2.75) is 38.3 Å². The van der Waals surface area contributed by atoms with Gasteiger partial charge in [0.15, 0.2) is 5.60 Å². The molecule has 1 aromatic carbocycles. The highest BCUT2D eigenvalue weighted by Crippen LogP contribution is 2.25. The summed E-state index contributed by atoms with van der Waals surface area (Å²) in [6.45, 7) is 3.23. The van der Waals surface area contributed by atoms with Gasteiger partial charge in [0.05, 0.1) is 7.11 Å². The number of carbonyl (C=O) groups excluding carboxylic acids is 1. The number of rotatable bonds is 8. The fourth-order valence-corrected chi connectivity index (χ4v) is 3.51. The number of nitrogens with one attached hydrogen (secondary N) is 1. The van der Waals surface area contributed by atoms with Crippen molar-refractivity contribution in [3.05, 3.63) is 53.2 Å². The van der Waals surface area contributed by atoms with Crippen LogP contribution in [0.25, 0.3) is 0 Å². The van der Waals surface area contributed by atoms with E-state index in [2.05, 4.69) is 5.32 Å². The number of carbonyl (C=O) groups is 1. The minimum absolute atomic E-state index is 0.107. The third-order valence-electron chi connectivity index (χ3n) is 5.08. The Hall–Kier alpha value is -2.38. The summed E-state index contributed by atoms with van der Waals surface area (Å²) in [6.07, 6.45) is 1.72. The Labute approximate surface area is 164 Å². The number of piperidine rings is 1. The minimum Gasteiger partial charge on any atom is -0.497 e. The van der Waals surface area contributed by atoms with Crippen LogP contribution in [-0.4, -0.2) is 48.3 Å². The highest BCUT2D eigenvalue weighted by molar-refractivity contribution is 5.86. The molecule has 1 fully saturated rings. The molecule has 0 radical (unpaired) electrons. The number of likely N-dealkylation sites (tertiary alicyclic amines) is 1. The number of aryl methyl sites for hydroxylation is 1. The largest absolute Gasteiger partial charge is 0.497 e.